The smallest absolute Gasteiger partial charge is 0.224 e. The molecule has 0 unspecified atom stereocenters. The van der Waals surface area contributed by atoms with Gasteiger partial charge in [-0.3, -0.25) is 0 Å². The third-order valence-electron chi connectivity index (χ3n) is 3.46. The Bertz CT molecular complexity index is 856. The fraction of sp³-hybridized carbons (Fsp3) is 0.111. The number of nitrogens with zero attached hydrogens (tertiary/aromatic N) is 2. The molecule has 0 atom stereocenters. The van der Waals surface area contributed by atoms with Crippen LogP contribution in [0.1, 0.15) is 5.56 Å². The highest BCUT2D eigenvalue weighted by Gasteiger charge is 2.06. The summed E-state index contributed by atoms with van der Waals surface area (Å²) in [6, 6.07) is 12.5. The van der Waals surface area contributed by atoms with Crippen molar-refractivity contribution in [3.63, 3.8) is 0 Å². The minimum absolute atomic E-state index is 0.146. The van der Waals surface area contributed by atoms with E-state index in [-0.39, 0.29) is 5.69 Å². The van der Waals surface area contributed by atoms with Crippen LogP contribution in [0.4, 0.5) is 26.2 Å². The van der Waals surface area contributed by atoms with Crippen LogP contribution in [0.25, 0.3) is 0 Å². The highest BCUT2D eigenvalue weighted by atomic mass is 35.5. The van der Waals surface area contributed by atoms with E-state index in [1.54, 1.807) is 12.3 Å². The van der Waals surface area contributed by atoms with Gasteiger partial charge in [-0.2, -0.15) is 4.98 Å². The van der Waals surface area contributed by atoms with Gasteiger partial charge in [0.1, 0.15) is 17.5 Å². The lowest BCUT2D eigenvalue weighted by Crippen LogP contribution is -2.08. The first-order valence-corrected chi connectivity index (χ1v) is 8.01. The van der Waals surface area contributed by atoms with Gasteiger partial charge < -0.3 is 10.6 Å². The molecule has 2 N–H and O–H groups in total. The van der Waals surface area contributed by atoms with E-state index in [0.717, 1.165) is 18.1 Å². The van der Waals surface area contributed by atoms with Gasteiger partial charge in [-0.15, -0.1) is 0 Å². The van der Waals surface area contributed by atoms with E-state index in [1.165, 1.54) is 12.1 Å². The van der Waals surface area contributed by atoms with E-state index in [4.69, 9.17) is 11.6 Å². The molecule has 0 saturated carbocycles. The van der Waals surface area contributed by atoms with Gasteiger partial charge in [-0.25, -0.2) is 13.8 Å². The highest BCUT2D eigenvalue weighted by Crippen LogP contribution is 2.19. The summed E-state index contributed by atoms with van der Waals surface area (Å²) in [6.45, 7) is 0.635. The zero-order valence-corrected chi connectivity index (χ0v) is 13.9. The van der Waals surface area contributed by atoms with Crippen LogP contribution in [0.2, 0.25) is 5.02 Å². The Morgan fingerprint density at radius 3 is 2.56 bits per heavy atom. The molecule has 0 aliphatic rings. The summed E-state index contributed by atoms with van der Waals surface area (Å²) >= 11 is 5.86. The van der Waals surface area contributed by atoms with Gasteiger partial charge in [0.05, 0.1) is 5.69 Å². The Balaban J connectivity index is 1.60. The maximum atomic E-state index is 13.7. The van der Waals surface area contributed by atoms with Crippen LogP contribution in [0.15, 0.2) is 54.7 Å². The Labute approximate surface area is 148 Å². The number of hydrogen-bond acceptors (Lipinski definition) is 4. The van der Waals surface area contributed by atoms with Crippen LogP contribution < -0.4 is 10.6 Å². The highest BCUT2D eigenvalue weighted by molar-refractivity contribution is 6.30. The quantitative estimate of drug-likeness (QED) is 0.662. The summed E-state index contributed by atoms with van der Waals surface area (Å²) in [6.07, 6.45) is 2.34. The van der Waals surface area contributed by atoms with Crippen molar-refractivity contribution < 1.29 is 8.78 Å². The molecule has 2 aromatic carbocycles. The zero-order valence-electron chi connectivity index (χ0n) is 13.1. The third-order valence-corrected chi connectivity index (χ3v) is 3.71. The van der Waals surface area contributed by atoms with Crippen molar-refractivity contribution in [3.8, 4) is 0 Å². The molecule has 0 bridgehead atoms. The Morgan fingerprint density at radius 1 is 1.00 bits per heavy atom. The average Bonchev–Trinajstić information content (AvgIpc) is 2.60. The van der Waals surface area contributed by atoms with Crippen LogP contribution in [0.3, 0.4) is 0 Å². The van der Waals surface area contributed by atoms with Crippen LogP contribution in [0.5, 0.6) is 0 Å². The van der Waals surface area contributed by atoms with Crippen molar-refractivity contribution in [1.29, 1.82) is 0 Å². The predicted molar refractivity (Wildman–Crippen MR) is 95.3 cm³/mol. The van der Waals surface area contributed by atoms with Crippen molar-refractivity contribution >= 4 is 29.1 Å². The lowest BCUT2D eigenvalue weighted by Gasteiger charge is -2.09. The molecule has 25 heavy (non-hydrogen) atoms. The topological polar surface area (TPSA) is 49.8 Å². The molecule has 0 saturated heterocycles. The van der Waals surface area contributed by atoms with Crippen LogP contribution in [-0.2, 0) is 6.42 Å². The maximum Gasteiger partial charge on any atom is 0.224 e. The molecule has 0 aliphatic carbocycles. The molecule has 1 aromatic heterocycles. The van der Waals surface area contributed by atoms with E-state index >= 15 is 0 Å². The molecule has 3 aromatic rings. The van der Waals surface area contributed by atoms with Crippen LogP contribution >= 0.6 is 11.6 Å². The van der Waals surface area contributed by atoms with Gasteiger partial charge in [0.25, 0.3) is 0 Å². The number of aromatic nitrogens is 2. The Morgan fingerprint density at radius 2 is 1.80 bits per heavy atom. The molecule has 4 nitrogen and oxygen atoms in total. The molecule has 0 spiro atoms. The molecule has 3 rings (SSSR count). The monoisotopic (exact) mass is 360 g/mol. The summed E-state index contributed by atoms with van der Waals surface area (Å²) in [5.74, 6) is -0.484. The summed E-state index contributed by atoms with van der Waals surface area (Å²) in [7, 11) is 0. The maximum absolute atomic E-state index is 13.7. The molecule has 128 valence electrons. The van der Waals surface area contributed by atoms with E-state index in [2.05, 4.69) is 20.6 Å². The van der Waals surface area contributed by atoms with Gasteiger partial charge >= 0.3 is 0 Å². The number of hydrogen-bond donors (Lipinski definition) is 2. The van der Waals surface area contributed by atoms with Crippen molar-refractivity contribution in [2.45, 2.75) is 6.42 Å². The van der Waals surface area contributed by atoms with Gasteiger partial charge in [0.2, 0.25) is 5.95 Å². The standard InChI is InChI=1S/C18H15ClF2N4/c19-13-3-1-12(2-4-13)7-9-22-18-23-10-8-17(25-18)24-16-6-5-14(20)11-15(16)21/h1-6,8,10-11H,7,9H2,(H2,22,23,24,25). The number of benzene rings is 2. The summed E-state index contributed by atoms with van der Waals surface area (Å²) in [5, 5.41) is 6.62. The molecular formula is C18H15ClF2N4. The van der Waals surface area contributed by atoms with E-state index in [1.807, 2.05) is 24.3 Å². The Hall–Kier alpha value is -2.73. The summed E-state index contributed by atoms with van der Waals surface area (Å²) in [5.41, 5.74) is 1.28. The van der Waals surface area contributed by atoms with Crippen molar-refractivity contribution in [1.82, 2.24) is 9.97 Å². The SMILES string of the molecule is Fc1ccc(Nc2ccnc(NCCc3ccc(Cl)cc3)n2)c(F)c1. The minimum atomic E-state index is -0.684. The van der Waals surface area contributed by atoms with E-state index < -0.39 is 11.6 Å². The first-order chi connectivity index (χ1) is 12.1. The molecule has 0 fully saturated rings. The molecule has 0 aliphatic heterocycles. The van der Waals surface area contributed by atoms with Gasteiger partial charge in [-0.1, -0.05) is 23.7 Å². The number of rotatable bonds is 6. The summed E-state index contributed by atoms with van der Waals surface area (Å²) < 4.78 is 26.6. The number of anilines is 3. The normalized spacial score (nSPS) is 10.5. The molecule has 0 radical (unpaired) electrons. The fourth-order valence-corrected chi connectivity index (χ4v) is 2.34. The lowest BCUT2D eigenvalue weighted by atomic mass is 10.1. The first kappa shape index (κ1) is 17.1. The van der Waals surface area contributed by atoms with Gasteiger partial charge in [0, 0.05) is 23.8 Å². The largest absolute Gasteiger partial charge is 0.354 e. The molecule has 0 amide bonds. The number of nitrogens with one attached hydrogen (secondary N) is 2. The molecule has 1 heterocycles. The fourth-order valence-electron chi connectivity index (χ4n) is 2.21. The number of halogens is 3. The second-order valence-electron chi connectivity index (χ2n) is 5.32. The van der Waals surface area contributed by atoms with Crippen molar-refractivity contribution in [3.05, 3.63) is 76.9 Å². The second kappa shape index (κ2) is 7.90. The van der Waals surface area contributed by atoms with Gasteiger partial charge in [0.15, 0.2) is 0 Å². The van der Waals surface area contributed by atoms with Gasteiger partial charge in [-0.05, 0) is 42.3 Å². The van der Waals surface area contributed by atoms with Crippen LogP contribution in [-0.4, -0.2) is 16.5 Å². The van der Waals surface area contributed by atoms with Crippen molar-refractivity contribution in [2.75, 3.05) is 17.2 Å². The van der Waals surface area contributed by atoms with Crippen LogP contribution in [0, 0.1) is 11.6 Å². The predicted octanol–water partition coefficient (Wildman–Crippen LogP) is 4.81. The molecular weight excluding hydrogens is 346 g/mol. The first-order valence-electron chi connectivity index (χ1n) is 7.63. The lowest BCUT2D eigenvalue weighted by molar-refractivity contribution is 0.586. The van der Waals surface area contributed by atoms with Crippen molar-refractivity contribution in [2.24, 2.45) is 0 Å². The minimum Gasteiger partial charge on any atom is -0.354 e. The summed E-state index contributed by atoms with van der Waals surface area (Å²) in [4.78, 5) is 8.39. The second-order valence-corrected chi connectivity index (χ2v) is 5.75. The third kappa shape index (κ3) is 4.87. The molecule has 7 heteroatoms. The van der Waals surface area contributed by atoms with E-state index in [0.29, 0.717) is 23.3 Å². The Kier molecular flexibility index (Phi) is 5.40. The average molecular weight is 361 g/mol. The van der Waals surface area contributed by atoms with E-state index in [9.17, 15) is 8.78 Å². The zero-order chi connectivity index (χ0) is 17.6.